The number of methoxy groups -OCH3 is 1. The third kappa shape index (κ3) is 4.82. The number of carbonyl (C=O) groups is 3. The standard InChI is InChI=1S/C27H25ClN2O4/c1-3-18-4-12-22(13-5-18)30-25(31)16-24(27(30)33)29(17-19-6-14-23(34-2)15-7-19)26(32)20-8-10-21(28)11-9-20/h4-15,24H,3,16-17H2,1-2H3/t24-/m0/s1. The van der Waals surface area contributed by atoms with Crippen LogP contribution in [0.4, 0.5) is 5.69 Å². The molecule has 6 nitrogen and oxygen atoms in total. The van der Waals surface area contributed by atoms with E-state index in [0.29, 0.717) is 22.0 Å². The Morgan fingerprint density at radius 3 is 2.18 bits per heavy atom. The fourth-order valence-electron chi connectivity index (χ4n) is 4.02. The Balaban J connectivity index is 1.66. The van der Waals surface area contributed by atoms with Gasteiger partial charge in [-0.05, 0) is 66.1 Å². The third-order valence-electron chi connectivity index (χ3n) is 5.97. The van der Waals surface area contributed by atoms with Gasteiger partial charge in [0.15, 0.2) is 0 Å². The summed E-state index contributed by atoms with van der Waals surface area (Å²) in [5, 5.41) is 0.507. The number of hydrogen-bond acceptors (Lipinski definition) is 4. The zero-order valence-corrected chi connectivity index (χ0v) is 19.8. The van der Waals surface area contributed by atoms with Crippen molar-refractivity contribution in [1.29, 1.82) is 0 Å². The fraction of sp³-hybridized carbons (Fsp3) is 0.222. The molecule has 1 atom stereocenters. The number of ether oxygens (including phenoxy) is 1. The van der Waals surface area contributed by atoms with E-state index in [1.807, 2.05) is 31.2 Å². The number of imide groups is 1. The number of carbonyl (C=O) groups excluding carboxylic acids is 3. The van der Waals surface area contributed by atoms with Crippen molar-refractivity contribution >= 4 is 35.0 Å². The Kier molecular flexibility index (Phi) is 6.98. The summed E-state index contributed by atoms with van der Waals surface area (Å²) in [6.07, 6.45) is 0.778. The average Bonchev–Trinajstić information content (AvgIpc) is 3.16. The number of anilines is 1. The second-order valence-corrected chi connectivity index (χ2v) is 8.53. The summed E-state index contributed by atoms with van der Waals surface area (Å²) in [4.78, 5) is 42.6. The van der Waals surface area contributed by atoms with E-state index >= 15 is 0 Å². The minimum Gasteiger partial charge on any atom is -0.497 e. The number of rotatable bonds is 7. The van der Waals surface area contributed by atoms with Gasteiger partial charge < -0.3 is 9.64 Å². The molecule has 1 aliphatic rings. The molecule has 3 aromatic carbocycles. The molecule has 34 heavy (non-hydrogen) atoms. The zero-order valence-electron chi connectivity index (χ0n) is 19.0. The maximum Gasteiger partial charge on any atom is 0.257 e. The molecule has 0 radical (unpaired) electrons. The Labute approximate surface area is 203 Å². The summed E-state index contributed by atoms with van der Waals surface area (Å²) < 4.78 is 5.21. The van der Waals surface area contributed by atoms with Crippen molar-refractivity contribution in [3.05, 3.63) is 94.5 Å². The topological polar surface area (TPSA) is 66.9 Å². The van der Waals surface area contributed by atoms with E-state index in [1.165, 1.54) is 9.80 Å². The number of amides is 3. The molecule has 174 valence electrons. The van der Waals surface area contributed by atoms with Crippen LogP contribution in [-0.2, 0) is 22.6 Å². The highest BCUT2D eigenvalue weighted by atomic mass is 35.5. The molecule has 0 bridgehead atoms. The highest BCUT2D eigenvalue weighted by Gasteiger charge is 2.44. The highest BCUT2D eigenvalue weighted by molar-refractivity contribution is 6.30. The second-order valence-electron chi connectivity index (χ2n) is 8.10. The molecule has 0 saturated carbocycles. The summed E-state index contributed by atoms with van der Waals surface area (Å²) in [6, 6.07) is 20.2. The summed E-state index contributed by atoms with van der Waals surface area (Å²) >= 11 is 5.99. The number of benzene rings is 3. The lowest BCUT2D eigenvalue weighted by Gasteiger charge is -2.28. The largest absolute Gasteiger partial charge is 0.497 e. The first-order valence-corrected chi connectivity index (χ1v) is 11.4. The SMILES string of the molecule is CCc1ccc(N2C(=O)C[C@H](N(Cc3ccc(OC)cc3)C(=O)c3ccc(Cl)cc3)C2=O)cc1. The van der Waals surface area contributed by atoms with Gasteiger partial charge in [0, 0.05) is 17.1 Å². The first-order valence-electron chi connectivity index (χ1n) is 11.1. The molecule has 1 aliphatic heterocycles. The molecule has 4 rings (SSSR count). The molecule has 0 aliphatic carbocycles. The van der Waals surface area contributed by atoms with Crippen LogP contribution in [0, 0.1) is 0 Å². The van der Waals surface area contributed by atoms with Crippen LogP contribution >= 0.6 is 11.6 Å². The highest BCUT2D eigenvalue weighted by Crippen LogP contribution is 2.28. The predicted molar refractivity (Wildman–Crippen MR) is 131 cm³/mol. The van der Waals surface area contributed by atoms with Gasteiger partial charge in [-0.15, -0.1) is 0 Å². The molecular formula is C27H25ClN2O4. The predicted octanol–water partition coefficient (Wildman–Crippen LogP) is 4.89. The smallest absolute Gasteiger partial charge is 0.257 e. The van der Waals surface area contributed by atoms with E-state index in [-0.39, 0.29) is 24.8 Å². The minimum absolute atomic E-state index is 0.0795. The van der Waals surface area contributed by atoms with Crippen molar-refractivity contribution in [2.24, 2.45) is 0 Å². The van der Waals surface area contributed by atoms with Gasteiger partial charge in [0.25, 0.3) is 11.8 Å². The lowest BCUT2D eigenvalue weighted by atomic mass is 10.1. The van der Waals surface area contributed by atoms with Gasteiger partial charge in [0.05, 0.1) is 19.2 Å². The van der Waals surface area contributed by atoms with Crippen LogP contribution in [0.15, 0.2) is 72.8 Å². The Hall–Kier alpha value is -3.64. The Bertz CT molecular complexity index is 1190. The first kappa shape index (κ1) is 23.5. The van der Waals surface area contributed by atoms with Gasteiger partial charge in [0.1, 0.15) is 11.8 Å². The lowest BCUT2D eigenvalue weighted by molar-refractivity contribution is -0.122. The summed E-state index contributed by atoms with van der Waals surface area (Å²) in [7, 11) is 1.58. The summed E-state index contributed by atoms with van der Waals surface area (Å²) in [6.45, 7) is 2.20. The van der Waals surface area contributed by atoms with E-state index in [4.69, 9.17) is 16.3 Å². The normalized spacial score (nSPS) is 15.5. The summed E-state index contributed by atoms with van der Waals surface area (Å²) in [5.74, 6) is -0.400. The molecule has 0 N–H and O–H groups in total. The van der Waals surface area contributed by atoms with Crippen molar-refractivity contribution in [2.75, 3.05) is 12.0 Å². The van der Waals surface area contributed by atoms with Crippen LogP contribution in [0.3, 0.4) is 0 Å². The monoisotopic (exact) mass is 476 g/mol. The van der Waals surface area contributed by atoms with Crippen molar-refractivity contribution < 1.29 is 19.1 Å². The Morgan fingerprint density at radius 1 is 0.971 bits per heavy atom. The van der Waals surface area contributed by atoms with Crippen molar-refractivity contribution in [3.8, 4) is 5.75 Å². The van der Waals surface area contributed by atoms with Crippen LogP contribution in [0.5, 0.6) is 5.75 Å². The van der Waals surface area contributed by atoms with Crippen molar-refractivity contribution in [1.82, 2.24) is 4.90 Å². The molecule has 1 fully saturated rings. The number of aryl methyl sites for hydroxylation is 1. The maximum atomic E-state index is 13.5. The van der Waals surface area contributed by atoms with Crippen molar-refractivity contribution in [3.63, 3.8) is 0 Å². The lowest BCUT2D eigenvalue weighted by Crippen LogP contribution is -2.45. The summed E-state index contributed by atoms with van der Waals surface area (Å²) in [5.41, 5.74) is 2.83. The van der Waals surface area contributed by atoms with Crippen LogP contribution in [0.25, 0.3) is 0 Å². The van der Waals surface area contributed by atoms with Crippen LogP contribution < -0.4 is 9.64 Å². The van der Waals surface area contributed by atoms with Gasteiger partial charge in [0.2, 0.25) is 5.91 Å². The second kappa shape index (κ2) is 10.1. The third-order valence-corrected chi connectivity index (χ3v) is 6.22. The molecule has 1 saturated heterocycles. The molecule has 1 heterocycles. The molecule has 0 aromatic heterocycles. The molecular weight excluding hydrogens is 452 g/mol. The van der Waals surface area contributed by atoms with Gasteiger partial charge in [-0.3, -0.25) is 14.4 Å². The molecule has 3 aromatic rings. The molecule has 0 unspecified atom stereocenters. The van der Waals surface area contributed by atoms with E-state index in [1.54, 1.807) is 55.6 Å². The van der Waals surface area contributed by atoms with Crippen LogP contribution in [0.2, 0.25) is 5.02 Å². The van der Waals surface area contributed by atoms with Crippen molar-refractivity contribution in [2.45, 2.75) is 32.4 Å². The van der Waals surface area contributed by atoms with E-state index in [2.05, 4.69) is 0 Å². The maximum absolute atomic E-state index is 13.5. The number of hydrogen-bond donors (Lipinski definition) is 0. The zero-order chi connectivity index (χ0) is 24.2. The minimum atomic E-state index is -0.913. The number of halogens is 1. The van der Waals surface area contributed by atoms with E-state index < -0.39 is 11.9 Å². The van der Waals surface area contributed by atoms with Crippen LogP contribution in [0.1, 0.15) is 34.8 Å². The van der Waals surface area contributed by atoms with Gasteiger partial charge in [-0.25, -0.2) is 4.90 Å². The molecule has 0 spiro atoms. The van der Waals surface area contributed by atoms with Gasteiger partial charge >= 0.3 is 0 Å². The van der Waals surface area contributed by atoms with Gasteiger partial charge in [-0.1, -0.05) is 42.8 Å². The first-order chi connectivity index (χ1) is 16.4. The average molecular weight is 477 g/mol. The fourth-order valence-corrected chi connectivity index (χ4v) is 4.15. The Morgan fingerprint density at radius 2 is 1.59 bits per heavy atom. The van der Waals surface area contributed by atoms with Crippen LogP contribution in [-0.4, -0.2) is 35.8 Å². The number of nitrogens with zero attached hydrogens (tertiary/aromatic N) is 2. The van der Waals surface area contributed by atoms with E-state index in [9.17, 15) is 14.4 Å². The molecule has 3 amide bonds. The van der Waals surface area contributed by atoms with Gasteiger partial charge in [-0.2, -0.15) is 0 Å². The van der Waals surface area contributed by atoms with E-state index in [0.717, 1.165) is 17.5 Å². The quantitative estimate of drug-likeness (QED) is 0.455. The molecule has 7 heteroatoms.